The van der Waals surface area contributed by atoms with Crippen LogP contribution in [0.5, 0.6) is 17.2 Å². The monoisotopic (exact) mass is 585 g/mol. The molecule has 0 saturated carbocycles. The Balaban J connectivity index is 0.000000229. The molecule has 1 amide bonds. The summed E-state index contributed by atoms with van der Waals surface area (Å²) >= 11 is 0. The number of nitro groups is 1. The van der Waals surface area contributed by atoms with Crippen molar-refractivity contribution in [3.63, 3.8) is 0 Å². The third-order valence-electron chi connectivity index (χ3n) is 6.14. The van der Waals surface area contributed by atoms with E-state index in [1.165, 1.54) is 30.6 Å². The molecule has 1 aliphatic rings. The lowest BCUT2D eigenvalue weighted by Gasteiger charge is -2.25. The summed E-state index contributed by atoms with van der Waals surface area (Å²) in [4.78, 5) is 31.2. The van der Waals surface area contributed by atoms with Gasteiger partial charge in [-0.1, -0.05) is 32.0 Å². The summed E-state index contributed by atoms with van der Waals surface area (Å²) < 4.78 is 10.9. The molecule has 0 bridgehead atoms. The van der Waals surface area contributed by atoms with E-state index in [-0.39, 0.29) is 29.1 Å². The Bertz CT molecular complexity index is 1470. The van der Waals surface area contributed by atoms with Crippen molar-refractivity contribution >= 4 is 29.1 Å². The van der Waals surface area contributed by atoms with Gasteiger partial charge < -0.3 is 25.8 Å². The first-order valence-electron chi connectivity index (χ1n) is 13.8. The minimum Gasteiger partial charge on any atom is -0.457 e. The van der Waals surface area contributed by atoms with Crippen LogP contribution in [-0.2, 0) is 0 Å². The summed E-state index contributed by atoms with van der Waals surface area (Å²) in [6.07, 6.45) is 4.02. The molecule has 0 radical (unpaired) electrons. The maximum atomic E-state index is 11.8. The zero-order chi connectivity index (χ0) is 31.2. The number of non-ortho nitro benzene ring substituents is 1. The number of ether oxygens (including phenoxy) is 2. The topological polar surface area (TPSA) is 184 Å². The number of benzene rings is 3. The van der Waals surface area contributed by atoms with Crippen molar-refractivity contribution in [2.24, 2.45) is 0 Å². The van der Waals surface area contributed by atoms with Crippen LogP contribution in [0.3, 0.4) is 0 Å². The largest absolute Gasteiger partial charge is 0.457 e. The lowest BCUT2D eigenvalue weighted by molar-refractivity contribution is -0.384. The van der Waals surface area contributed by atoms with Crippen molar-refractivity contribution in [2.45, 2.75) is 33.1 Å². The number of nitrogen functional groups attached to an aromatic ring is 2. The molecule has 224 valence electrons. The highest BCUT2D eigenvalue weighted by molar-refractivity contribution is 6.15. The number of likely N-dealkylation sites (tertiary alicyclic amines) is 1. The van der Waals surface area contributed by atoms with Crippen molar-refractivity contribution in [1.82, 2.24) is 14.9 Å². The molecular formula is C31H35N7O5. The van der Waals surface area contributed by atoms with Crippen LogP contribution in [0.2, 0.25) is 0 Å². The number of nitrogens with one attached hydrogen (secondary N) is 1. The van der Waals surface area contributed by atoms with E-state index in [0.29, 0.717) is 35.7 Å². The molecule has 0 atom stereocenters. The Kier molecular flexibility index (Phi) is 11.9. The average molecular weight is 586 g/mol. The molecule has 4 aromatic rings. The standard InChI is InChI=1S/C17H15N5O.C12H14N2O4.C2H6/c18-15(14-16(19)21-10-22-17(14)20)11-6-8-13(9-7-11)23-12-4-2-1-3-5-12;15-12(13-8-2-1-3-9-13)18-11-6-4-10(5-7-11)14(16)17;1-2/h1-10,18H,(H4,19,20,21,22);4-7H,1-3,8-9H2;1-2H3. The van der Waals surface area contributed by atoms with Crippen LogP contribution in [0.25, 0.3) is 0 Å². The maximum Gasteiger partial charge on any atom is 0.415 e. The van der Waals surface area contributed by atoms with Gasteiger partial charge in [-0.25, -0.2) is 14.8 Å². The molecule has 1 saturated heterocycles. The highest BCUT2D eigenvalue weighted by atomic mass is 16.6. The van der Waals surface area contributed by atoms with Crippen LogP contribution < -0.4 is 20.9 Å². The number of hydrogen-bond donors (Lipinski definition) is 3. The van der Waals surface area contributed by atoms with Crippen LogP contribution in [0.1, 0.15) is 44.2 Å². The van der Waals surface area contributed by atoms with E-state index in [9.17, 15) is 14.9 Å². The molecule has 5 N–H and O–H groups in total. The Hall–Kier alpha value is -5.52. The molecule has 2 heterocycles. The number of hydrogen-bond acceptors (Lipinski definition) is 10. The highest BCUT2D eigenvalue weighted by Gasteiger charge is 2.18. The molecule has 1 fully saturated rings. The molecule has 43 heavy (non-hydrogen) atoms. The Morgan fingerprint density at radius 2 is 1.37 bits per heavy atom. The minimum absolute atomic E-state index is 0.0206. The number of aromatic nitrogens is 2. The number of nitro benzene ring substituents is 1. The number of carbonyl (C=O) groups is 1. The zero-order valence-electron chi connectivity index (χ0n) is 24.1. The fourth-order valence-corrected chi connectivity index (χ4v) is 4.01. The van der Waals surface area contributed by atoms with E-state index in [1.54, 1.807) is 29.2 Å². The Labute approximate surface area is 249 Å². The lowest BCUT2D eigenvalue weighted by Crippen LogP contribution is -2.37. The third kappa shape index (κ3) is 9.25. The summed E-state index contributed by atoms with van der Waals surface area (Å²) in [7, 11) is 0. The van der Waals surface area contributed by atoms with Crippen molar-refractivity contribution in [2.75, 3.05) is 24.6 Å². The molecule has 0 unspecified atom stereocenters. The first kappa shape index (κ1) is 32.0. The molecule has 0 spiro atoms. The van der Waals surface area contributed by atoms with Gasteiger partial charge in [0.05, 0.1) is 16.2 Å². The van der Waals surface area contributed by atoms with E-state index in [2.05, 4.69) is 9.97 Å². The quantitative estimate of drug-likeness (QED) is 0.130. The number of nitrogens with zero attached hydrogens (tertiary/aromatic N) is 4. The second-order valence-corrected chi connectivity index (χ2v) is 9.00. The predicted molar refractivity (Wildman–Crippen MR) is 166 cm³/mol. The summed E-state index contributed by atoms with van der Waals surface area (Å²) in [5, 5.41) is 18.7. The Morgan fingerprint density at radius 3 is 1.93 bits per heavy atom. The van der Waals surface area contributed by atoms with E-state index in [1.807, 2.05) is 44.2 Å². The zero-order valence-corrected chi connectivity index (χ0v) is 24.1. The van der Waals surface area contributed by atoms with Gasteiger partial charge in [0.25, 0.3) is 5.69 Å². The van der Waals surface area contributed by atoms with Crippen molar-refractivity contribution in [3.8, 4) is 17.2 Å². The molecule has 0 aliphatic carbocycles. The van der Waals surface area contributed by atoms with Crippen LogP contribution in [0.4, 0.5) is 22.1 Å². The maximum absolute atomic E-state index is 11.8. The molecule has 3 aromatic carbocycles. The lowest BCUT2D eigenvalue weighted by atomic mass is 10.0. The van der Waals surface area contributed by atoms with E-state index < -0.39 is 4.92 Å². The highest BCUT2D eigenvalue weighted by Crippen LogP contribution is 2.24. The molecule has 12 nitrogen and oxygen atoms in total. The number of carbonyl (C=O) groups excluding carboxylic acids is 1. The first-order valence-corrected chi connectivity index (χ1v) is 13.8. The van der Waals surface area contributed by atoms with Crippen LogP contribution in [-0.4, -0.2) is 44.7 Å². The van der Waals surface area contributed by atoms with Gasteiger partial charge in [-0.3, -0.25) is 15.5 Å². The van der Waals surface area contributed by atoms with E-state index in [0.717, 1.165) is 25.0 Å². The van der Waals surface area contributed by atoms with Crippen LogP contribution in [0, 0.1) is 15.5 Å². The number of rotatable bonds is 6. The normalized spacial score (nSPS) is 12.0. The second kappa shape index (κ2) is 16.1. The number of anilines is 2. The van der Waals surface area contributed by atoms with Gasteiger partial charge in [-0.15, -0.1) is 0 Å². The van der Waals surface area contributed by atoms with Gasteiger partial charge in [0.1, 0.15) is 35.2 Å². The number of piperidine rings is 1. The summed E-state index contributed by atoms with van der Waals surface area (Å²) in [6, 6.07) is 22.1. The fourth-order valence-electron chi connectivity index (χ4n) is 4.01. The first-order chi connectivity index (χ1) is 20.8. The van der Waals surface area contributed by atoms with Gasteiger partial charge in [0.15, 0.2) is 0 Å². The Morgan fingerprint density at radius 1 is 0.837 bits per heavy atom. The molecule has 1 aromatic heterocycles. The molecule has 12 heteroatoms. The van der Waals surface area contributed by atoms with Gasteiger partial charge in [0, 0.05) is 30.8 Å². The van der Waals surface area contributed by atoms with Gasteiger partial charge in [-0.2, -0.15) is 0 Å². The van der Waals surface area contributed by atoms with Gasteiger partial charge in [-0.05, 0) is 67.8 Å². The SMILES string of the molecule is CC.N=C(c1ccc(Oc2ccccc2)cc1)c1c(N)ncnc1N.O=C(Oc1ccc([N+](=O)[O-])cc1)N1CCCCC1. The third-order valence-corrected chi connectivity index (χ3v) is 6.14. The minimum atomic E-state index is -0.490. The molecule has 5 rings (SSSR count). The average Bonchev–Trinajstić information content (AvgIpc) is 3.04. The molecule has 1 aliphatic heterocycles. The second-order valence-electron chi connectivity index (χ2n) is 9.00. The number of amides is 1. The van der Waals surface area contributed by atoms with Crippen LogP contribution >= 0.6 is 0 Å². The van der Waals surface area contributed by atoms with Crippen molar-refractivity contribution in [3.05, 3.63) is 106 Å². The number of nitrogens with two attached hydrogens (primary N) is 2. The summed E-state index contributed by atoms with van der Waals surface area (Å²) in [5.41, 5.74) is 12.7. The van der Waals surface area contributed by atoms with Crippen molar-refractivity contribution in [1.29, 1.82) is 5.41 Å². The van der Waals surface area contributed by atoms with Crippen LogP contribution in [0.15, 0.2) is 85.2 Å². The molecular weight excluding hydrogens is 550 g/mol. The number of para-hydroxylation sites is 1. The fraction of sp³-hybridized carbons (Fsp3) is 0.226. The smallest absolute Gasteiger partial charge is 0.415 e. The van der Waals surface area contributed by atoms with E-state index >= 15 is 0 Å². The predicted octanol–water partition coefficient (Wildman–Crippen LogP) is 6.46. The van der Waals surface area contributed by atoms with Gasteiger partial charge in [0.2, 0.25) is 0 Å². The summed E-state index contributed by atoms with van der Waals surface area (Å²) in [5.74, 6) is 2.13. The van der Waals surface area contributed by atoms with Gasteiger partial charge >= 0.3 is 6.09 Å². The van der Waals surface area contributed by atoms with Crippen molar-refractivity contribution < 1.29 is 19.2 Å². The summed E-state index contributed by atoms with van der Waals surface area (Å²) in [6.45, 7) is 5.43. The van der Waals surface area contributed by atoms with E-state index in [4.69, 9.17) is 26.4 Å².